The third-order valence-electron chi connectivity index (χ3n) is 3.36. The number of Topliss-reactive ketones (excluding diaryl/α,β-unsaturated/α-hetero) is 1. The van der Waals surface area contributed by atoms with Crippen molar-refractivity contribution in [1.82, 2.24) is 0 Å². The zero-order valence-electron chi connectivity index (χ0n) is 12.2. The van der Waals surface area contributed by atoms with Gasteiger partial charge in [-0.15, -0.1) is 0 Å². The zero-order chi connectivity index (χ0) is 15.2. The minimum atomic E-state index is 0.142. The number of rotatable bonds is 6. The molecule has 0 amide bonds. The van der Waals surface area contributed by atoms with Gasteiger partial charge in [-0.1, -0.05) is 34.1 Å². The van der Waals surface area contributed by atoms with Gasteiger partial charge in [0.2, 0.25) is 0 Å². The summed E-state index contributed by atoms with van der Waals surface area (Å²) >= 11 is 3.42. The van der Waals surface area contributed by atoms with Gasteiger partial charge in [-0.3, -0.25) is 4.79 Å². The molecule has 0 saturated carbocycles. The van der Waals surface area contributed by atoms with E-state index >= 15 is 0 Å². The molecule has 0 heterocycles. The molecule has 0 fully saturated rings. The van der Waals surface area contributed by atoms with Crippen molar-refractivity contribution in [1.29, 1.82) is 0 Å². The standard InChI is InChI=1S/C17H18BrNO2/c1-19(13-7-9-14(21-2)10-8-13)12-11-17(20)15-5-3-4-6-16(15)18/h3-10H,11-12H2,1-2H3. The van der Waals surface area contributed by atoms with Crippen molar-refractivity contribution in [2.45, 2.75) is 6.42 Å². The summed E-state index contributed by atoms with van der Waals surface area (Å²) < 4.78 is 5.99. The number of anilines is 1. The van der Waals surface area contributed by atoms with Crippen molar-refractivity contribution in [3.05, 3.63) is 58.6 Å². The molecule has 0 aliphatic rings. The number of ketones is 1. The Kier molecular flexibility index (Phi) is 5.39. The zero-order valence-corrected chi connectivity index (χ0v) is 13.8. The van der Waals surface area contributed by atoms with Crippen LogP contribution in [-0.2, 0) is 0 Å². The maximum Gasteiger partial charge on any atom is 0.165 e. The van der Waals surface area contributed by atoms with Crippen molar-refractivity contribution in [2.24, 2.45) is 0 Å². The van der Waals surface area contributed by atoms with E-state index in [1.807, 2.05) is 55.6 Å². The van der Waals surface area contributed by atoms with Crippen LogP contribution in [0.3, 0.4) is 0 Å². The lowest BCUT2D eigenvalue weighted by atomic mass is 10.1. The van der Waals surface area contributed by atoms with Crippen LogP contribution in [0.15, 0.2) is 53.0 Å². The van der Waals surface area contributed by atoms with Crippen LogP contribution in [0.4, 0.5) is 5.69 Å². The number of ether oxygens (including phenoxy) is 1. The molecular formula is C17H18BrNO2. The molecule has 0 N–H and O–H groups in total. The number of carbonyl (C=O) groups is 1. The molecule has 0 atom stereocenters. The molecule has 0 spiro atoms. The highest BCUT2D eigenvalue weighted by atomic mass is 79.9. The summed E-state index contributed by atoms with van der Waals surface area (Å²) in [4.78, 5) is 14.3. The highest BCUT2D eigenvalue weighted by molar-refractivity contribution is 9.10. The molecule has 0 bridgehead atoms. The van der Waals surface area contributed by atoms with Gasteiger partial charge < -0.3 is 9.64 Å². The van der Waals surface area contributed by atoms with Crippen molar-refractivity contribution in [3.63, 3.8) is 0 Å². The molecule has 0 aliphatic heterocycles. The van der Waals surface area contributed by atoms with Gasteiger partial charge in [-0.2, -0.15) is 0 Å². The maximum absolute atomic E-state index is 12.2. The Hall–Kier alpha value is -1.81. The Morgan fingerprint density at radius 2 is 1.81 bits per heavy atom. The molecule has 2 aromatic carbocycles. The normalized spacial score (nSPS) is 10.2. The lowest BCUT2D eigenvalue weighted by Gasteiger charge is -2.19. The smallest absolute Gasteiger partial charge is 0.165 e. The SMILES string of the molecule is COc1ccc(N(C)CCC(=O)c2ccccc2Br)cc1. The number of hydrogen-bond acceptors (Lipinski definition) is 3. The summed E-state index contributed by atoms with van der Waals surface area (Å²) in [7, 11) is 3.63. The number of methoxy groups -OCH3 is 1. The maximum atomic E-state index is 12.2. The largest absolute Gasteiger partial charge is 0.497 e. The lowest BCUT2D eigenvalue weighted by molar-refractivity contribution is 0.0984. The fourth-order valence-electron chi connectivity index (χ4n) is 2.06. The minimum Gasteiger partial charge on any atom is -0.497 e. The van der Waals surface area contributed by atoms with E-state index in [0.717, 1.165) is 21.5 Å². The van der Waals surface area contributed by atoms with E-state index < -0.39 is 0 Å². The molecule has 4 heteroatoms. The minimum absolute atomic E-state index is 0.142. The molecule has 21 heavy (non-hydrogen) atoms. The first-order valence-corrected chi connectivity index (χ1v) is 7.54. The number of carbonyl (C=O) groups excluding carboxylic acids is 1. The topological polar surface area (TPSA) is 29.5 Å². The summed E-state index contributed by atoms with van der Waals surface area (Å²) in [5.74, 6) is 0.972. The van der Waals surface area contributed by atoms with E-state index in [-0.39, 0.29) is 5.78 Å². The number of hydrogen-bond donors (Lipinski definition) is 0. The molecule has 2 aromatic rings. The van der Waals surface area contributed by atoms with Gasteiger partial charge in [0.05, 0.1) is 7.11 Å². The Balaban J connectivity index is 1.95. The van der Waals surface area contributed by atoms with E-state index in [4.69, 9.17) is 4.74 Å². The van der Waals surface area contributed by atoms with Crippen molar-refractivity contribution in [2.75, 3.05) is 25.6 Å². The van der Waals surface area contributed by atoms with E-state index in [1.165, 1.54) is 0 Å². The first-order chi connectivity index (χ1) is 10.1. The van der Waals surface area contributed by atoms with Crippen LogP contribution in [0.2, 0.25) is 0 Å². The van der Waals surface area contributed by atoms with Crippen LogP contribution in [-0.4, -0.2) is 26.5 Å². The second-order valence-electron chi connectivity index (χ2n) is 4.77. The van der Waals surface area contributed by atoms with Crippen LogP contribution in [0.1, 0.15) is 16.8 Å². The number of benzene rings is 2. The van der Waals surface area contributed by atoms with Crippen LogP contribution >= 0.6 is 15.9 Å². The van der Waals surface area contributed by atoms with Gasteiger partial charge in [0.1, 0.15) is 5.75 Å². The van der Waals surface area contributed by atoms with Gasteiger partial charge in [0, 0.05) is 35.7 Å². The average molecular weight is 348 g/mol. The summed E-state index contributed by atoms with van der Waals surface area (Å²) in [5.41, 5.74) is 1.80. The highest BCUT2D eigenvalue weighted by Crippen LogP contribution is 2.20. The van der Waals surface area contributed by atoms with Gasteiger partial charge in [-0.25, -0.2) is 0 Å². The number of nitrogens with zero attached hydrogens (tertiary/aromatic N) is 1. The molecule has 2 rings (SSSR count). The second-order valence-corrected chi connectivity index (χ2v) is 5.63. The summed E-state index contributed by atoms with van der Waals surface area (Å²) in [6, 6.07) is 15.3. The van der Waals surface area contributed by atoms with E-state index in [1.54, 1.807) is 7.11 Å². The Bertz CT molecular complexity index is 610. The van der Waals surface area contributed by atoms with E-state index in [0.29, 0.717) is 13.0 Å². The second kappa shape index (κ2) is 7.27. The van der Waals surface area contributed by atoms with Crippen LogP contribution in [0, 0.1) is 0 Å². The van der Waals surface area contributed by atoms with Crippen LogP contribution in [0.25, 0.3) is 0 Å². The molecule has 0 saturated heterocycles. The highest BCUT2D eigenvalue weighted by Gasteiger charge is 2.10. The molecule has 0 aromatic heterocycles. The van der Waals surface area contributed by atoms with Crippen molar-refractivity contribution in [3.8, 4) is 5.75 Å². The van der Waals surface area contributed by atoms with Gasteiger partial charge in [-0.05, 0) is 30.3 Å². The lowest BCUT2D eigenvalue weighted by Crippen LogP contribution is -2.21. The fraction of sp³-hybridized carbons (Fsp3) is 0.235. The van der Waals surface area contributed by atoms with Crippen molar-refractivity contribution >= 4 is 27.4 Å². The van der Waals surface area contributed by atoms with Gasteiger partial charge >= 0.3 is 0 Å². The molecule has 110 valence electrons. The molecule has 0 unspecified atom stereocenters. The van der Waals surface area contributed by atoms with Gasteiger partial charge in [0.25, 0.3) is 0 Å². The predicted molar refractivity (Wildman–Crippen MR) is 89.4 cm³/mol. The van der Waals surface area contributed by atoms with Crippen LogP contribution in [0.5, 0.6) is 5.75 Å². The Morgan fingerprint density at radius 1 is 1.14 bits per heavy atom. The van der Waals surface area contributed by atoms with Crippen molar-refractivity contribution < 1.29 is 9.53 Å². The predicted octanol–water partition coefficient (Wildman–Crippen LogP) is 4.17. The number of halogens is 1. The summed E-state index contributed by atoms with van der Waals surface area (Å²) in [5, 5.41) is 0. The Labute approximate surface area is 133 Å². The monoisotopic (exact) mass is 347 g/mol. The van der Waals surface area contributed by atoms with E-state index in [9.17, 15) is 4.79 Å². The molecular weight excluding hydrogens is 330 g/mol. The third-order valence-corrected chi connectivity index (χ3v) is 4.05. The average Bonchev–Trinajstić information content (AvgIpc) is 2.52. The van der Waals surface area contributed by atoms with Gasteiger partial charge in [0.15, 0.2) is 5.78 Å². The molecule has 0 aliphatic carbocycles. The molecule has 0 radical (unpaired) electrons. The first kappa shape index (κ1) is 15.6. The quantitative estimate of drug-likeness (QED) is 0.734. The Morgan fingerprint density at radius 3 is 2.43 bits per heavy atom. The van der Waals surface area contributed by atoms with E-state index in [2.05, 4.69) is 20.8 Å². The van der Waals surface area contributed by atoms with Crippen LogP contribution < -0.4 is 9.64 Å². The summed E-state index contributed by atoms with van der Waals surface area (Å²) in [6.07, 6.45) is 0.477. The molecule has 3 nitrogen and oxygen atoms in total. The third kappa shape index (κ3) is 4.08. The first-order valence-electron chi connectivity index (χ1n) is 6.74. The summed E-state index contributed by atoms with van der Waals surface area (Å²) in [6.45, 7) is 0.673. The fourth-order valence-corrected chi connectivity index (χ4v) is 2.56.